The molecule has 6 aromatic rings. The van der Waals surface area contributed by atoms with Crippen LogP contribution in [0.4, 0.5) is 0 Å². The van der Waals surface area contributed by atoms with Crippen molar-refractivity contribution >= 4 is 43.1 Å². The lowest BCUT2D eigenvalue weighted by Crippen LogP contribution is -1.80. The predicted molar refractivity (Wildman–Crippen MR) is 130 cm³/mol. The molecule has 0 amide bonds. The fourth-order valence-electron chi connectivity index (χ4n) is 4.11. The summed E-state index contributed by atoms with van der Waals surface area (Å²) in [5.74, 6) is 0.266. The summed E-state index contributed by atoms with van der Waals surface area (Å²) >= 11 is 0. The summed E-state index contributed by atoms with van der Waals surface area (Å²) in [5, 5.41) is 46.0. The Hall–Kier alpha value is -4.44. The zero-order chi connectivity index (χ0) is 22.2. The fourth-order valence-corrected chi connectivity index (χ4v) is 4.11. The van der Waals surface area contributed by atoms with Gasteiger partial charge in [0, 0.05) is 5.39 Å². The van der Waals surface area contributed by atoms with Gasteiger partial charge in [0.1, 0.15) is 23.0 Å². The second-order valence-electron chi connectivity index (χ2n) is 7.67. The molecular formula is C28H20O4. The van der Waals surface area contributed by atoms with Crippen LogP contribution in [0.15, 0.2) is 97.1 Å². The van der Waals surface area contributed by atoms with Crippen LogP contribution < -0.4 is 0 Å². The van der Waals surface area contributed by atoms with Crippen molar-refractivity contribution in [3.8, 4) is 23.0 Å². The summed E-state index contributed by atoms with van der Waals surface area (Å²) < 4.78 is 0. The Morgan fingerprint density at radius 2 is 0.812 bits per heavy atom. The highest BCUT2D eigenvalue weighted by atomic mass is 16.3. The van der Waals surface area contributed by atoms with E-state index >= 15 is 0 Å². The van der Waals surface area contributed by atoms with E-state index in [0.717, 1.165) is 26.9 Å². The second kappa shape index (κ2) is 7.67. The first-order chi connectivity index (χ1) is 15.5. The number of hydrogen-bond donors (Lipinski definition) is 4. The molecule has 0 aliphatic heterocycles. The lowest BCUT2D eigenvalue weighted by Gasteiger charge is -2.08. The molecule has 4 N–H and O–H groups in total. The molecule has 0 unspecified atom stereocenters. The van der Waals surface area contributed by atoms with Crippen LogP contribution in [-0.2, 0) is 0 Å². The Balaban J connectivity index is 0.000000136. The van der Waals surface area contributed by atoms with Crippen molar-refractivity contribution in [3.63, 3.8) is 0 Å². The van der Waals surface area contributed by atoms with Crippen molar-refractivity contribution in [1.29, 1.82) is 0 Å². The third-order valence-electron chi connectivity index (χ3n) is 5.66. The van der Waals surface area contributed by atoms with E-state index in [4.69, 9.17) is 0 Å². The van der Waals surface area contributed by atoms with Gasteiger partial charge in [0.05, 0.1) is 10.8 Å². The summed E-state index contributed by atoms with van der Waals surface area (Å²) in [6, 6.07) is 29.8. The van der Waals surface area contributed by atoms with Crippen molar-refractivity contribution in [2.45, 2.75) is 0 Å². The number of hydrogen-bond acceptors (Lipinski definition) is 4. The van der Waals surface area contributed by atoms with Crippen LogP contribution >= 0.6 is 0 Å². The molecule has 4 nitrogen and oxygen atoms in total. The molecule has 0 aliphatic rings. The first-order valence-corrected chi connectivity index (χ1v) is 10.2. The number of aromatic hydroxyl groups is 4. The van der Waals surface area contributed by atoms with Gasteiger partial charge < -0.3 is 20.4 Å². The van der Waals surface area contributed by atoms with Crippen LogP contribution in [0, 0.1) is 0 Å². The summed E-state index contributed by atoms with van der Waals surface area (Å²) in [6.45, 7) is 0. The number of phenols is 4. The van der Waals surface area contributed by atoms with E-state index in [0.29, 0.717) is 16.5 Å². The maximum Gasteiger partial charge on any atom is 0.138 e. The molecule has 0 heterocycles. The maximum absolute atomic E-state index is 10.2. The minimum atomic E-state index is -0.0892. The quantitative estimate of drug-likeness (QED) is 0.204. The molecule has 0 spiro atoms. The summed E-state index contributed by atoms with van der Waals surface area (Å²) in [7, 11) is 0. The molecule has 0 aliphatic carbocycles. The van der Waals surface area contributed by atoms with Crippen molar-refractivity contribution < 1.29 is 20.4 Å². The molecule has 156 valence electrons. The van der Waals surface area contributed by atoms with Gasteiger partial charge in [-0.25, -0.2) is 0 Å². The normalized spacial score (nSPS) is 11.0. The van der Waals surface area contributed by atoms with E-state index < -0.39 is 0 Å². The van der Waals surface area contributed by atoms with Crippen molar-refractivity contribution in [3.05, 3.63) is 97.1 Å². The lowest BCUT2D eigenvalue weighted by molar-refractivity contribution is 0.459. The fraction of sp³-hybridized carbons (Fsp3) is 0. The number of rotatable bonds is 0. The van der Waals surface area contributed by atoms with E-state index in [1.807, 2.05) is 36.4 Å². The molecule has 0 radical (unpaired) electrons. The van der Waals surface area contributed by atoms with Gasteiger partial charge in [-0.3, -0.25) is 0 Å². The number of phenolic OH excluding ortho intramolecular Hbond substituents is 4. The minimum absolute atomic E-state index is 0.00477. The van der Waals surface area contributed by atoms with Gasteiger partial charge in [-0.1, -0.05) is 60.7 Å². The van der Waals surface area contributed by atoms with Crippen LogP contribution in [0.3, 0.4) is 0 Å². The van der Waals surface area contributed by atoms with Gasteiger partial charge in [0.25, 0.3) is 0 Å². The average Bonchev–Trinajstić information content (AvgIpc) is 2.79. The highest BCUT2D eigenvalue weighted by Gasteiger charge is 2.12. The average molecular weight is 420 g/mol. The molecular weight excluding hydrogens is 400 g/mol. The van der Waals surface area contributed by atoms with Gasteiger partial charge in [-0.2, -0.15) is 0 Å². The molecule has 6 aromatic carbocycles. The first kappa shape index (κ1) is 19.5. The van der Waals surface area contributed by atoms with E-state index in [9.17, 15) is 20.4 Å². The highest BCUT2D eigenvalue weighted by molar-refractivity contribution is 6.09. The van der Waals surface area contributed by atoms with Gasteiger partial charge >= 0.3 is 0 Å². The van der Waals surface area contributed by atoms with Crippen LogP contribution in [0.5, 0.6) is 23.0 Å². The Bertz CT molecular complexity index is 1560. The summed E-state index contributed by atoms with van der Waals surface area (Å²) in [4.78, 5) is 0. The summed E-state index contributed by atoms with van der Waals surface area (Å²) in [6.07, 6.45) is 0. The molecule has 0 saturated heterocycles. The zero-order valence-corrected chi connectivity index (χ0v) is 17.0. The molecule has 6 rings (SSSR count). The van der Waals surface area contributed by atoms with E-state index in [1.165, 1.54) is 17.5 Å². The molecule has 0 aromatic heterocycles. The molecule has 0 atom stereocenters. The Morgan fingerprint density at radius 3 is 1.41 bits per heavy atom. The van der Waals surface area contributed by atoms with Gasteiger partial charge in [-0.05, 0) is 63.3 Å². The maximum atomic E-state index is 10.2. The number of fused-ring (bicyclic) bond motifs is 4. The van der Waals surface area contributed by atoms with Crippen molar-refractivity contribution in [2.75, 3.05) is 0 Å². The van der Waals surface area contributed by atoms with Crippen LogP contribution in [-0.4, -0.2) is 20.4 Å². The van der Waals surface area contributed by atoms with Gasteiger partial charge in [-0.15, -0.1) is 0 Å². The minimum Gasteiger partial charge on any atom is -0.507 e. The molecule has 32 heavy (non-hydrogen) atoms. The third-order valence-corrected chi connectivity index (χ3v) is 5.66. The Kier molecular flexibility index (Phi) is 4.68. The highest BCUT2D eigenvalue weighted by Crippen LogP contribution is 2.42. The summed E-state index contributed by atoms with van der Waals surface area (Å²) in [5.41, 5.74) is 0. The largest absolute Gasteiger partial charge is 0.507 e. The Labute approximate surface area is 183 Å². The monoisotopic (exact) mass is 420 g/mol. The van der Waals surface area contributed by atoms with Crippen LogP contribution in [0.1, 0.15) is 0 Å². The van der Waals surface area contributed by atoms with E-state index in [-0.39, 0.29) is 17.2 Å². The van der Waals surface area contributed by atoms with Gasteiger partial charge in [0.2, 0.25) is 0 Å². The van der Waals surface area contributed by atoms with Crippen molar-refractivity contribution in [1.82, 2.24) is 0 Å². The molecule has 0 fully saturated rings. The Morgan fingerprint density at radius 1 is 0.375 bits per heavy atom. The standard InChI is InChI=1S/C14H10O3.C14H10O/c15-10-5-1-3-8-7-9-4-2-6-11(16)13(9)14(17)12(8)10;15-14-7-3-6-12-8-10-4-1-2-5-11(10)9-13(12)14/h1-7,15-17H;1-9,15H. The lowest BCUT2D eigenvalue weighted by atomic mass is 10.0. The third kappa shape index (κ3) is 3.28. The van der Waals surface area contributed by atoms with Gasteiger partial charge in [0.15, 0.2) is 0 Å². The second-order valence-corrected chi connectivity index (χ2v) is 7.67. The van der Waals surface area contributed by atoms with Crippen LogP contribution in [0.25, 0.3) is 43.1 Å². The topological polar surface area (TPSA) is 80.9 Å². The molecule has 0 bridgehead atoms. The molecule has 4 heteroatoms. The van der Waals surface area contributed by atoms with Crippen molar-refractivity contribution in [2.24, 2.45) is 0 Å². The van der Waals surface area contributed by atoms with E-state index in [1.54, 1.807) is 30.3 Å². The van der Waals surface area contributed by atoms with E-state index in [2.05, 4.69) is 18.2 Å². The van der Waals surface area contributed by atoms with Crippen LogP contribution in [0.2, 0.25) is 0 Å². The predicted octanol–water partition coefficient (Wildman–Crippen LogP) is 6.81. The first-order valence-electron chi connectivity index (χ1n) is 10.2. The number of benzene rings is 6. The zero-order valence-electron chi connectivity index (χ0n) is 17.0. The SMILES string of the molecule is Oc1cccc2cc3cccc(O)c3c(O)c12.Oc1cccc2cc3ccccc3cc12. The molecule has 0 saturated carbocycles. The smallest absolute Gasteiger partial charge is 0.138 e.